The lowest BCUT2D eigenvalue weighted by molar-refractivity contribution is -0.384. The summed E-state index contributed by atoms with van der Waals surface area (Å²) in [6.07, 6.45) is 0. The minimum atomic E-state index is -0.617. The number of aromatic nitrogens is 1. The molecule has 86 valence electrons. The fourth-order valence-corrected chi connectivity index (χ4v) is 1.32. The Hall–Kier alpha value is -2.38. The lowest BCUT2D eigenvalue weighted by atomic mass is 10.3. The van der Waals surface area contributed by atoms with E-state index in [0.29, 0.717) is 0 Å². The quantitative estimate of drug-likeness (QED) is 0.347. The summed E-state index contributed by atoms with van der Waals surface area (Å²) in [6.45, 7) is -0.198. The van der Waals surface area contributed by atoms with Gasteiger partial charge < -0.3 is 4.90 Å². The molecule has 1 rings (SSSR count). The highest BCUT2D eigenvalue weighted by Gasteiger charge is 2.14. The number of nitro groups is 1. The van der Waals surface area contributed by atoms with Gasteiger partial charge >= 0.3 is 0 Å². The first-order valence-electron chi connectivity index (χ1n) is 4.39. The summed E-state index contributed by atoms with van der Waals surface area (Å²) in [7, 11) is 0. The molecule has 0 aromatic carbocycles. The van der Waals surface area contributed by atoms with E-state index < -0.39 is 4.92 Å². The minimum Gasteiger partial charge on any atom is -0.330 e. The molecule has 0 aliphatic heterocycles. The Bertz CT molecular complexity index is 503. The van der Waals surface area contributed by atoms with Crippen LogP contribution in [0.3, 0.4) is 0 Å². The van der Waals surface area contributed by atoms with E-state index >= 15 is 0 Å². The third-order valence-electron chi connectivity index (χ3n) is 1.82. The van der Waals surface area contributed by atoms with Crippen LogP contribution in [-0.4, -0.2) is 23.0 Å². The van der Waals surface area contributed by atoms with Gasteiger partial charge in [-0.1, -0.05) is 11.6 Å². The van der Waals surface area contributed by atoms with Gasteiger partial charge in [0.05, 0.1) is 29.2 Å². The van der Waals surface area contributed by atoms with Crippen LogP contribution < -0.4 is 4.90 Å². The molecule has 0 bridgehead atoms. The van der Waals surface area contributed by atoms with Gasteiger partial charge in [-0.05, 0) is 0 Å². The zero-order valence-electron chi connectivity index (χ0n) is 8.50. The van der Waals surface area contributed by atoms with Crippen molar-refractivity contribution in [2.45, 2.75) is 0 Å². The van der Waals surface area contributed by atoms with Crippen LogP contribution in [-0.2, 0) is 0 Å². The molecule has 0 spiro atoms. The molecule has 7 nitrogen and oxygen atoms in total. The normalized spacial score (nSPS) is 9.12. The van der Waals surface area contributed by atoms with Gasteiger partial charge in [-0.15, -0.1) is 0 Å². The van der Waals surface area contributed by atoms with E-state index in [1.165, 1.54) is 11.0 Å². The van der Waals surface area contributed by atoms with Gasteiger partial charge in [0.25, 0.3) is 5.69 Å². The highest BCUT2D eigenvalue weighted by molar-refractivity contribution is 6.29. The smallest absolute Gasteiger partial charge is 0.276 e. The standard InChI is InChI=1S/C9H6ClN5O2/c10-8-5-7(15(16)17)6-9(13-8)14(3-1-11)4-2-12/h5-6H,3-4H2. The summed E-state index contributed by atoms with van der Waals surface area (Å²) in [5, 5.41) is 27.7. The topological polar surface area (TPSA) is 107 Å². The van der Waals surface area contributed by atoms with Crippen molar-refractivity contribution >= 4 is 23.1 Å². The monoisotopic (exact) mass is 251 g/mol. The van der Waals surface area contributed by atoms with Gasteiger partial charge in [-0.25, -0.2) is 4.98 Å². The Kier molecular flexibility index (Phi) is 4.21. The number of nitriles is 2. The van der Waals surface area contributed by atoms with Gasteiger partial charge in [0.1, 0.15) is 24.1 Å². The average molecular weight is 252 g/mol. The van der Waals surface area contributed by atoms with Crippen molar-refractivity contribution < 1.29 is 4.92 Å². The predicted molar refractivity (Wildman–Crippen MR) is 59.3 cm³/mol. The Morgan fingerprint density at radius 3 is 2.47 bits per heavy atom. The van der Waals surface area contributed by atoms with E-state index in [2.05, 4.69) is 4.98 Å². The lowest BCUT2D eigenvalue weighted by Crippen LogP contribution is -2.24. The molecule has 0 atom stereocenters. The molecule has 17 heavy (non-hydrogen) atoms. The zero-order chi connectivity index (χ0) is 12.8. The van der Waals surface area contributed by atoms with E-state index in [-0.39, 0.29) is 29.7 Å². The van der Waals surface area contributed by atoms with Crippen LogP contribution in [0.1, 0.15) is 0 Å². The second-order valence-electron chi connectivity index (χ2n) is 2.94. The van der Waals surface area contributed by atoms with Crippen molar-refractivity contribution in [3.05, 3.63) is 27.4 Å². The molecule has 0 amide bonds. The van der Waals surface area contributed by atoms with Gasteiger partial charge in [0.15, 0.2) is 0 Å². The van der Waals surface area contributed by atoms with Gasteiger partial charge in [-0.2, -0.15) is 10.5 Å². The van der Waals surface area contributed by atoms with E-state index in [0.717, 1.165) is 6.07 Å². The minimum absolute atomic E-state index is 0.0601. The van der Waals surface area contributed by atoms with Crippen LogP contribution in [0, 0.1) is 32.8 Å². The number of halogens is 1. The number of hydrogen-bond donors (Lipinski definition) is 0. The molecule has 0 N–H and O–H groups in total. The average Bonchev–Trinajstić information content (AvgIpc) is 2.28. The summed E-state index contributed by atoms with van der Waals surface area (Å²) in [4.78, 5) is 15.1. The maximum Gasteiger partial charge on any atom is 0.276 e. The Labute approximate surface area is 102 Å². The van der Waals surface area contributed by atoms with E-state index in [9.17, 15) is 10.1 Å². The van der Waals surface area contributed by atoms with Crippen LogP contribution in [0.4, 0.5) is 11.5 Å². The van der Waals surface area contributed by atoms with Crippen molar-refractivity contribution in [2.24, 2.45) is 0 Å². The highest BCUT2D eigenvalue weighted by atomic mass is 35.5. The lowest BCUT2D eigenvalue weighted by Gasteiger charge is -2.16. The molecular weight excluding hydrogens is 246 g/mol. The molecule has 1 aromatic heterocycles. The summed E-state index contributed by atoms with van der Waals surface area (Å²) in [6, 6.07) is 5.95. The molecule has 0 saturated carbocycles. The molecule has 0 fully saturated rings. The third kappa shape index (κ3) is 3.30. The number of rotatable bonds is 4. The summed E-state index contributed by atoms with van der Waals surface area (Å²) in [5.74, 6) is 0.132. The molecule has 0 aliphatic rings. The van der Waals surface area contributed by atoms with Crippen LogP contribution in [0.5, 0.6) is 0 Å². The maximum atomic E-state index is 10.6. The Morgan fingerprint density at radius 1 is 1.41 bits per heavy atom. The summed E-state index contributed by atoms with van der Waals surface area (Å²) in [5.41, 5.74) is -0.235. The predicted octanol–water partition coefficient (Wildman–Crippen LogP) is 1.50. The van der Waals surface area contributed by atoms with Crippen molar-refractivity contribution in [3.8, 4) is 12.1 Å². The molecule has 0 unspecified atom stereocenters. The fraction of sp³-hybridized carbons (Fsp3) is 0.222. The van der Waals surface area contributed by atoms with E-state index in [1.807, 2.05) is 12.1 Å². The largest absolute Gasteiger partial charge is 0.330 e. The van der Waals surface area contributed by atoms with Crippen molar-refractivity contribution in [2.75, 3.05) is 18.0 Å². The molecule has 8 heteroatoms. The highest BCUT2D eigenvalue weighted by Crippen LogP contribution is 2.22. The van der Waals surface area contributed by atoms with Crippen LogP contribution in [0.15, 0.2) is 12.1 Å². The number of anilines is 1. The van der Waals surface area contributed by atoms with Crippen molar-refractivity contribution in [1.82, 2.24) is 4.98 Å². The van der Waals surface area contributed by atoms with Gasteiger partial charge in [-0.3, -0.25) is 10.1 Å². The fourth-order valence-electron chi connectivity index (χ4n) is 1.13. The second-order valence-corrected chi connectivity index (χ2v) is 3.32. The Balaban J connectivity index is 3.15. The number of pyridine rings is 1. The molecule has 0 aliphatic carbocycles. The third-order valence-corrected chi connectivity index (χ3v) is 2.02. The van der Waals surface area contributed by atoms with Gasteiger partial charge in [0, 0.05) is 0 Å². The summed E-state index contributed by atoms with van der Waals surface area (Å²) >= 11 is 5.63. The number of hydrogen-bond acceptors (Lipinski definition) is 6. The van der Waals surface area contributed by atoms with Crippen LogP contribution >= 0.6 is 11.6 Å². The van der Waals surface area contributed by atoms with Gasteiger partial charge in [0.2, 0.25) is 0 Å². The molecular formula is C9H6ClN5O2. The van der Waals surface area contributed by atoms with Crippen molar-refractivity contribution in [1.29, 1.82) is 10.5 Å². The number of nitrogens with zero attached hydrogens (tertiary/aromatic N) is 5. The zero-order valence-corrected chi connectivity index (χ0v) is 9.26. The summed E-state index contributed by atoms with van der Waals surface area (Å²) < 4.78 is 0. The van der Waals surface area contributed by atoms with Crippen LogP contribution in [0.2, 0.25) is 5.15 Å². The first-order valence-corrected chi connectivity index (χ1v) is 4.77. The van der Waals surface area contributed by atoms with Crippen molar-refractivity contribution in [3.63, 3.8) is 0 Å². The Morgan fingerprint density at radius 2 is 2.00 bits per heavy atom. The second kappa shape index (κ2) is 5.64. The molecule has 1 aromatic rings. The SMILES string of the molecule is N#CCN(CC#N)c1cc([N+](=O)[O-])cc(Cl)n1. The maximum absolute atomic E-state index is 10.6. The van der Waals surface area contributed by atoms with E-state index in [4.69, 9.17) is 22.1 Å². The molecule has 1 heterocycles. The molecule has 0 saturated heterocycles. The van der Waals surface area contributed by atoms with Crippen LogP contribution in [0.25, 0.3) is 0 Å². The molecule has 0 radical (unpaired) electrons. The first-order chi connectivity index (χ1) is 8.08. The first kappa shape index (κ1) is 12.7. The van der Waals surface area contributed by atoms with E-state index in [1.54, 1.807) is 0 Å².